The van der Waals surface area contributed by atoms with Crippen LogP contribution in [0.3, 0.4) is 0 Å². The zero-order valence-electron chi connectivity index (χ0n) is 7.78. The van der Waals surface area contributed by atoms with Crippen LogP contribution in [-0.2, 0) is 19.1 Å². The molecule has 4 nitrogen and oxygen atoms in total. The van der Waals surface area contributed by atoms with Gasteiger partial charge in [0.15, 0.2) is 0 Å². The molecule has 0 fully saturated rings. The molecule has 17 heavy (non-hydrogen) atoms. The molecule has 0 atom stereocenters. The highest BCUT2D eigenvalue weighted by Gasteiger charge is 2.49. The van der Waals surface area contributed by atoms with Crippen molar-refractivity contribution in [3.05, 3.63) is 0 Å². The van der Waals surface area contributed by atoms with Crippen LogP contribution in [0.4, 0.5) is 26.3 Å². The van der Waals surface area contributed by atoms with Crippen LogP contribution in [0, 0.1) is 0 Å². The lowest BCUT2D eigenvalue weighted by molar-refractivity contribution is -0.221. The lowest BCUT2D eigenvalue weighted by atomic mass is 10.6. The summed E-state index contributed by atoms with van der Waals surface area (Å²) >= 11 is 4.64. The lowest BCUT2D eigenvalue weighted by Gasteiger charge is -2.06. The topological polar surface area (TPSA) is 60.4 Å². The quantitative estimate of drug-likeness (QED) is 0.296. The highest BCUT2D eigenvalue weighted by Crippen LogP contribution is 2.21. The number of carbonyl (C=O) groups excluding carboxylic acids is 3. The summed E-state index contributed by atoms with van der Waals surface area (Å²) in [5.41, 5.74) is 0. The third-order valence-corrected chi connectivity index (χ3v) is 0.648. The van der Waals surface area contributed by atoms with Crippen molar-refractivity contribution in [3.63, 3.8) is 0 Å². The average molecular weight is 289 g/mol. The maximum absolute atomic E-state index is 11.2. The van der Waals surface area contributed by atoms with E-state index in [0.717, 1.165) is 0 Å². The van der Waals surface area contributed by atoms with Crippen LogP contribution in [0.1, 0.15) is 6.92 Å². The zero-order valence-corrected chi connectivity index (χ0v) is 8.53. The van der Waals surface area contributed by atoms with Crippen LogP contribution in [0.2, 0.25) is 0 Å². The molecule has 0 bridgehead atoms. The molecule has 11 heteroatoms. The standard InChI is InChI=1S/C4F6O3.C2H3ClO/c5-3(6,7)1(11)13-2(12)4(8,9)10;1-2(3)4/h;1H3. The molecular formula is C6H3ClF6O4. The van der Waals surface area contributed by atoms with Gasteiger partial charge in [0, 0.05) is 6.92 Å². The fourth-order valence-electron chi connectivity index (χ4n) is 0.200. The minimum atomic E-state index is -5.62. The van der Waals surface area contributed by atoms with E-state index >= 15 is 0 Å². The van der Waals surface area contributed by atoms with Crippen molar-refractivity contribution in [3.8, 4) is 0 Å². The summed E-state index contributed by atoms with van der Waals surface area (Å²) in [4.78, 5) is 28.5. The lowest BCUT2D eigenvalue weighted by Crippen LogP contribution is -2.34. The fraction of sp³-hybridized carbons (Fsp3) is 0.500. The van der Waals surface area contributed by atoms with Crippen LogP contribution in [0.15, 0.2) is 0 Å². The van der Waals surface area contributed by atoms with E-state index in [0.29, 0.717) is 0 Å². The predicted molar refractivity (Wildman–Crippen MR) is 39.7 cm³/mol. The molecule has 0 rings (SSSR count). The second kappa shape index (κ2) is 6.42. The van der Waals surface area contributed by atoms with Crippen molar-refractivity contribution < 1.29 is 45.5 Å². The molecule has 0 aromatic heterocycles. The highest BCUT2D eigenvalue weighted by atomic mass is 35.5. The summed E-state index contributed by atoms with van der Waals surface area (Å²) in [5, 5.41) is -0.361. The highest BCUT2D eigenvalue weighted by molar-refractivity contribution is 6.62. The smallest absolute Gasteiger partial charge is 0.380 e. The molecule has 0 saturated heterocycles. The largest absolute Gasteiger partial charge is 0.491 e. The summed E-state index contributed by atoms with van der Waals surface area (Å²) in [7, 11) is 0. The third kappa shape index (κ3) is 11.0. The van der Waals surface area contributed by atoms with Crippen LogP contribution in [-0.4, -0.2) is 29.5 Å². The minimum Gasteiger partial charge on any atom is -0.380 e. The number of carbonyl (C=O) groups is 3. The Morgan fingerprint density at radius 2 is 1.06 bits per heavy atom. The van der Waals surface area contributed by atoms with Gasteiger partial charge in [0.2, 0.25) is 5.24 Å². The number of ether oxygens (including phenoxy) is 1. The Morgan fingerprint density at radius 1 is 0.882 bits per heavy atom. The minimum absolute atomic E-state index is 0.361. The van der Waals surface area contributed by atoms with E-state index in [1.54, 1.807) is 0 Å². The first-order valence-electron chi connectivity index (χ1n) is 3.34. The summed E-state index contributed by atoms with van der Waals surface area (Å²) in [6, 6.07) is 0. The van der Waals surface area contributed by atoms with E-state index in [9.17, 15) is 40.7 Å². The maximum Gasteiger partial charge on any atom is 0.491 e. The number of halogens is 7. The second-order valence-electron chi connectivity index (χ2n) is 2.14. The van der Waals surface area contributed by atoms with E-state index in [2.05, 4.69) is 16.3 Å². The second-order valence-corrected chi connectivity index (χ2v) is 2.68. The average Bonchev–Trinajstić information content (AvgIpc) is 1.98. The number of hydrogen-bond acceptors (Lipinski definition) is 4. The van der Waals surface area contributed by atoms with Crippen molar-refractivity contribution in [2.45, 2.75) is 19.3 Å². The molecular weight excluding hydrogens is 286 g/mol. The van der Waals surface area contributed by atoms with Crippen molar-refractivity contribution in [1.29, 1.82) is 0 Å². The molecule has 0 amide bonds. The van der Waals surface area contributed by atoms with Gasteiger partial charge in [0.25, 0.3) is 0 Å². The Hall–Kier alpha value is -1.32. The van der Waals surface area contributed by atoms with Crippen LogP contribution < -0.4 is 0 Å². The molecule has 0 aromatic rings. The van der Waals surface area contributed by atoms with Crippen LogP contribution in [0.25, 0.3) is 0 Å². The zero-order chi connectivity index (χ0) is 14.4. The number of alkyl halides is 6. The Balaban J connectivity index is 0. The molecule has 0 spiro atoms. The number of esters is 2. The van der Waals surface area contributed by atoms with Crippen molar-refractivity contribution in [2.24, 2.45) is 0 Å². The van der Waals surface area contributed by atoms with Gasteiger partial charge in [-0.1, -0.05) is 0 Å². The number of rotatable bonds is 0. The van der Waals surface area contributed by atoms with Crippen LogP contribution in [0.5, 0.6) is 0 Å². The van der Waals surface area contributed by atoms with E-state index in [1.807, 2.05) is 0 Å². The Kier molecular flexibility index (Phi) is 6.82. The molecule has 0 radical (unpaired) electrons. The van der Waals surface area contributed by atoms with Crippen molar-refractivity contribution >= 4 is 28.8 Å². The van der Waals surface area contributed by atoms with Gasteiger partial charge in [-0.05, 0) is 11.6 Å². The molecule has 0 saturated carbocycles. The molecule has 0 aliphatic heterocycles. The van der Waals surface area contributed by atoms with E-state index in [4.69, 9.17) is 0 Å². The maximum atomic E-state index is 11.2. The molecule has 0 aliphatic rings. The Bertz CT molecular complexity index is 279. The first-order chi connectivity index (χ1) is 7.28. The van der Waals surface area contributed by atoms with Crippen LogP contribution >= 0.6 is 11.6 Å². The van der Waals surface area contributed by atoms with Crippen molar-refractivity contribution in [1.82, 2.24) is 0 Å². The van der Waals surface area contributed by atoms with Gasteiger partial charge < -0.3 is 4.74 Å². The predicted octanol–water partition coefficient (Wildman–Crippen LogP) is 1.95. The molecule has 0 unspecified atom stereocenters. The SMILES string of the molecule is CC(=O)Cl.O=C(OC(=O)C(F)(F)F)C(F)(F)F. The van der Waals surface area contributed by atoms with Gasteiger partial charge in [-0.25, -0.2) is 9.59 Å². The molecule has 0 heterocycles. The van der Waals surface area contributed by atoms with Gasteiger partial charge in [-0.2, -0.15) is 26.3 Å². The Labute approximate surface area is 94.5 Å². The first kappa shape index (κ1) is 18.1. The number of hydrogen-bond donors (Lipinski definition) is 0. The summed E-state index contributed by atoms with van der Waals surface area (Å²) < 4.78 is 69.7. The third-order valence-electron chi connectivity index (χ3n) is 0.648. The van der Waals surface area contributed by atoms with Gasteiger partial charge in [-0.15, -0.1) is 0 Å². The normalized spacial score (nSPS) is 11.1. The molecule has 0 aromatic carbocycles. The fourth-order valence-corrected chi connectivity index (χ4v) is 0.200. The van der Waals surface area contributed by atoms with Gasteiger partial charge in [0.05, 0.1) is 0 Å². The molecule has 0 N–H and O–H groups in total. The van der Waals surface area contributed by atoms with Gasteiger partial charge >= 0.3 is 24.3 Å². The summed E-state index contributed by atoms with van der Waals surface area (Å²) in [6.45, 7) is 1.29. The molecule has 100 valence electrons. The van der Waals surface area contributed by atoms with E-state index in [-0.39, 0.29) is 5.24 Å². The van der Waals surface area contributed by atoms with Crippen molar-refractivity contribution in [2.75, 3.05) is 0 Å². The monoisotopic (exact) mass is 288 g/mol. The summed E-state index contributed by atoms with van der Waals surface area (Å²) in [6.07, 6.45) is -11.2. The molecule has 0 aliphatic carbocycles. The van der Waals surface area contributed by atoms with Gasteiger partial charge in [-0.3, -0.25) is 4.79 Å². The van der Waals surface area contributed by atoms with Gasteiger partial charge in [0.1, 0.15) is 0 Å². The Morgan fingerprint density at radius 3 is 1.18 bits per heavy atom. The van der Waals surface area contributed by atoms with E-state index in [1.165, 1.54) is 6.92 Å². The first-order valence-corrected chi connectivity index (χ1v) is 3.72. The summed E-state index contributed by atoms with van der Waals surface area (Å²) in [5.74, 6) is -6.40. The van der Waals surface area contributed by atoms with E-state index < -0.39 is 24.3 Å².